The molecule has 0 amide bonds. The predicted molar refractivity (Wildman–Crippen MR) is 53.6 cm³/mol. The molecule has 0 spiro atoms. The molecule has 0 fully saturated rings. The van der Waals surface area contributed by atoms with Gasteiger partial charge in [0.15, 0.2) is 0 Å². The molecule has 1 heterocycles. The van der Waals surface area contributed by atoms with Gasteiger partial charge in [-0.05, 0) is 18.6 Å². The lowest BCUT2D eigenvalue weighted by molar-refractivity contribution is 1.26. The first-order valence-electron chi connectivity index (χ1n) is 3.87. The number of nitrogens with zero attached hydrogens (tertiary/aromatic N) is 2. The van der Waals surface area contributed by atoms with Crippen LogP contribution in [0.1, 0.15) is 18.2 Å². The molecule has 0 saturated carbocycles. The van der Waals surface area contributed by atoms with Gasteiger partial charge >= 0.3 is 0 Å². The van der Waals surface area contributed by atoms with E-state index >= 15 is 0 Å². The van der Waals surface area contributed by atoms with Crippen LogP contribution in [0.15, 0.2) is 31.5 Å². The van der Waals surface area contributed by atoms with Gasteiger partial charge in [-0.1, -0.05) is 19.2 Å². The van der Waals surface area contributed by atoms with Crippen molar-refractivity contribution in [2.24, 2.45) is 0 Å². The highest BCUT2D eigenvalue weighted by atomic mass is 14.7. The smallest absolute Gasteiger partial charge is 0.101 e. The summed E-state index contributed by atoms with van der Waals surface area (Å²) in [4.78, 5) is 4.09. The van der Waals surface area contributed by atoms with Crippen molar-refractivity contribution < 1.29 is 0 Å². The Kier molecular flexibility index (Phi) is 2.61. The van der Waals surface area contributed by atoms with E-state index in [1.54, 1.807) is 6.20 Å². The quantitative estimate of drug-likeness (QED) is 0.640. The third-order valence-corrected chi connectivity index (χ3v) is 1.69. The van der Waals surface area contributed by atoms with Crippen LogP contribution in [0.3, 0.4) is 0 Å². The summed E-state index contributed by atoms with van der Waals surface area (Å²) in [5.41, 5.74) is 2.77. The molecule has 13 heavy (non-hydrogen) atoms. The first-order valence-corrected chi connectivity index (χ1v) is 3.87. The Bertz CT molecular complexity index is 397. The maximum Gasteiger partial charge on any atom is 0.101 e. The van der Waals surface area contributed by atoms with Gasteiger partial charge in [-0.25, -0.2) is 0 Å². The first kappa shape index (κ1) is 9.21. The van der Waals surface area contributed by atoms with Crippen molar-refractivity contribution in [1.29, 1.82) is 5.26 Å². The van der Waals surface area contributed by atoms with E-state index in [9.17, 15) is 0 Å². The number of hydrogen-bond acceptors (Lipinski definition) is 2. The molecule has 0 bridgehead atoms. The summed E-state index contributed by atoms with van der Waals surface area (Å²) in [7, 11) is 0. The molecule has 0 saturated heterocycles. The Morgan fingerprint density at radius 3 is 2.77 bits per heavy atom. The van der Waals surface area contributed by atoms with E-state index in [4.69, 9.17) is 5.26 Å². The summed E-state index contributed by atoms with van der Waals surface area (Å²) in [6, 6.07) is 5.68. The van der Waals surface area contributed by atoms with E-state index in [0.717, 1.165) is 11.1 Å². The van der Waals surface area contributed by atoms with Crippen molar-refractivity contribution in [2.75, 3.05) is 0 Å². The second-order valence-electron chi connectivity index (χ2n) is 2.77. The van der Waals surface area contributed by atoms with Crippen LogP contribution in [0.4, 0.5) is 0 Å². The molecule has 0 atom stereocenters. The van der Waals surface area contributed by atoms with Gasteiger partial charge in [0.2, 0.25) is 0 Å². The lowest BCUT2D eigenvalue weighted by Gasteiger charge is -2.04. The zero-order valence-corrected chi connectivity index (χ0v) is 7.54. The Morgan fingerprint density at radius 2 is 2.23 bits per heavy atom. The zero-order valence-electron chi connectivity index (χ0n) is 7.54. The van der Waals surface area contributed by atoms with Gasteiger partial charge < -0.3 is 0 Å². The van der Waals surface area contributed by atoms with Crippen LogP contribution in [0.25, 0.3) is 11.1 Å². The fourth-order valence-electron chi connectivity index (χ4n) is 1.04. The van der Waals surface area contributed by atoms with E-state index in [0.29, 0.717) is 11.3 Å². The first-order chi connectivity index (χ1) is 6.16. The average molecular weight is 170 g/mol. The lowest BCUT2D eigenvalue weighted by atomic mass is 10.0. The number of aromatic nitrogens is 1. The van der Waals surface area contributed by atoms with Crippen LogP contribution in [0.2, 0.25) is 0 Å². The van der Waals surface area contributed by atoms with E-state index in [-0.39, 0.29) is 0 Å². The fourth-order valence-corrected chi connectivity index (χ4v) is 1.04. The van der Waals surface area contributed by atoms with Crippen molar-refractivity contribution in [3.8, 4) is 6.07 Å². The highest BCUT2D eigenvalue weighted by Gasteiger charge is 2.06. The van der Waals surface area contributed by atoms with E-state index in [1.807, 2.05) is 25.1 Å². The van der Waals surface area contributed by atoms with Crippen molar-refractivity contribution in [3.05, 3.63) is 42.7 Å². The second-order valence-corrected chi connectivity index (χ2v) is 2.77. The summed E-state index contributed by atoms with van der Waals surface area (Å²) >= 11 is 0. The number of allylic oxidation sites excluding steroid dienone is 2. The molecule has 0 aliphatic heterocycles. The second kappa shape index (κ2) is 3.68. The van der Waals surface area contributed by atoms with Gasteiger partial charge in [0.1, 0.15) is 6.07 Å². The molecule has 1 rings (SSSR count). The molecule has 0 aromatic carbocycles. The van der Waals surface area contributed by atoms with Crippen LogP contribution in [0.5, 0.6) is 0 Å². The van der Waals surface area contributed by atoms with Gasteiger partial charge in [0, 0.05) is 11.8 Å². The summed E-state index contributed by atoms with van der Waals surface area (Å²) in [6.45, 7) is 9.31. The van der Waals surface area contributed by atoms with Crippen LogP contribution >= 0.6 is 0 Å². The predicted octanol–water partition coefficient (Wildman–Crippen LogP) is 2.65. The zero-order chi connectivity index (χ0) is 9.84. The molecule has 0 radical (unpaired) electrons. The standard InChI is InChI=1S/C11H10N2/c1-8(2)10-5-4-6-13-11(10)9(3)7-12/h4-6H,1,3H2,2H3. The Labute approximate surface area is 77.9 Å². The molecule has 0 aliphatic carbocycles. The molecule has 64 valence electrons. The molecule has 2 nitrogen and oxygen atoms in total. The molecule has 2 heteroatoms. The summed E-state index contributed by atoms with van der Waals surface area (Å²) < 4.78 is 0. The van der Waals surface area contributed by atoms with Crippen LogP contribution in [0, 0.1) is 11.3 Å². The van der Waals surface area contributed by atoms with Gasteiger partial charge in [-0.3, -0.25) is 4.98 Å². The van der Waals surface area contributed by atoms with Gasteiger partial charge in [-0.2, -0.15) is 5.26 Å². The largest absolute Gasteiger partial charge is 0.255 e. The minimum absolute atomic E-state index is 0.374. The molecule has 0 N–H and O–H groups in total. The molecule has 0 unspecified atom stereocenters. The van der Waals surface area contributed by atoms with Crippen LogP contribution in [-0.4, -0.2) is 4.98 Å². The molecular formula is C11H10N2. The fraction of sp³-hybridized carbons (Fsp3) is 0.0909. The van der Waals surface area contributed by atoms with Crippen LogP contribution in [-0.2, 0) is 0 Å². The minimum Gasteiger partial charge on any atom is -0.255 e. The van der Waals surface area contributed by atoms with Crippen molar-refractivity contribution in [1.82, 2.24) is 4.98 Å². The summed E-state index contributed by atoms with van der Waals surface area (Å²) in [5, 5.41) is 8.68. The maximum absolute atomic E-state index is 8.68. The van der Waals surface area contributed by atoms with E-state index in [2.05, 4.69) is 18.1 Å². The third-order valence-electron chi connectivity index (χ3n) is 1.69. The number of hydrogen-bond donors (Lipinski definition) is 0. The SMILES string of the molecule is C=C(C)c1cccnc1C(=C)C#N. The minimum atomic E-state index is 0.374. The molecule has 1 aromatic heterocycles. The van der Waals surface area contributed by atoms with Gasteiger partial charge in [-0.15, -0.1) is 0 Å². The van der Waals surface area contributed by atoms with Crippen molar-refractivity contribution in [2.45, 2.75) is 6.92 Å². The molecule has 0 aliphatic rings. The topological polar surface area (TPSA) is 36.7 Å². The van der Waals surface area contributed by atoms with Crippen molar-refractivity contribution >= 4 is 11.1 Å². The monoisotopic (exact) mass is 170 g/mol. The number of nitriles is 1. The van der Waals surface area contributed by atoms with Gasteiger partial charge in [0.25, 0.3) is 0 Å². The maximum atomic E-state index is 8.68. The summed E-state index contributed by atoms with van der Waals surface area (Å²) in [6.07, 6.45) is 1.64. The molecule has 1 aromatic rings. The highest BCUT2D eigenvalue weighted by molar-refractivity contribution is 5.81. The number of pyridine rings is 1. The average Bonchev–Trinajstić information content (AvgIpc) is 2.16. The number of rotatable bonds is 2. The van der Waals surface area contributed by atoms with Crippen molar-refractivity contribution in [3.63, 3.8) is 0 Å². The van der Waals surface area contributed by atoms with E-state index < -0.39 is 0 Å². The Morgan fingerprint density at radius 1 is 1.54 bits per heavy atom. The Balaban J connectivity index is 3.29. The van der Waals surface area contributed by atoms with E-state index in [1.165, 1.54) is 0 Å². The Hall–Kier alpha value is -1.88. The van der Waals surface area contributed by atoms with Crippen LogP contribution < -0.4 is 0 Å². The summed E-state index contributed by atoms with van der Waals surface area (Å²) in [5.74, 6) is 0. The normalized spacial score (nSPS) is 8.92. The molecular weight excluding hydrogens is 160 g/mol. The third kappa shape index (κ3) is 1.83. The van der Waals surface area contributed by atoms with Gasteiger partial charge in [0.05, 0.1) is 11.3 Å². The lowest BCUT2D eigenvalue weighted by Crippen LogP contribution is -1.92. The highest BCUT2D eigenvalue weighted by Crippen LogP contribution is 2.20.